The molecule has 2 heteroatoms. The molecule has 0 saturated heterocycles. The van der Waals surface area contributed by atoms with Gasteiger partial charge < -0.3 is 5.73 Å². The molecule has 1 fully saturated rings. The predicted octanol–water partition coefficient (Wildman–Crippen LogP) is 2.01. The molecule has 0 amide bonds. The van der Waals surface area contributed by atoms with Crippen LogP contribution in [0.1, 0.15) is 32.6 Å². The summed E-state index contributed by atoms with van der Waals surface area (Å²) in [6, 6.07) is 0.427. The van der Waals surface area contributed by atoms with Gasteiger partial charge in [0.25, 0.3) is 0 Å². The van der Waals surface area contributed by atoms with Gasteiger partial charge in [-0.1, -0.05) is 12.8 Å². The molecule has 60 valence electrons. The topological polar surface area (TPSA) is 26.0 Å². The van der Waals surface area contributed by atoms with Crippen molar-refractivity contribution in [2.45, 2.75) is 43.4 Å². The molecule has 0 aromatic carbocycles. The predicted molar refractivity (Wildman–Crippen MR) is 48.4 cm³/mol. The smallest absolute Gasteiger partial charge is 0.0280 e. The SMILES string of the molecule is CS[C@]1(C)CCCC[C@H]1N. The first-order valence-electron chi connectivity index (χ1n) is 4.00. The first-order chi connectivity index (χ1) is 4.69. The second-order valence-corrected chi connectivity index (χ2v) is 4.71. The second-order valence-electron chi connectivity index (χ2n) is 3.37. The van der Waals surface area contributed by atoms with Gasteiger partial charge in [0.05, 0.1) is 0 Å². The van der Waals surface area contributed by atoms with Crippen LogP contribution in [-0.2, 0) is 0 Å². The van der Waals surface area contributed by atoms with Crippen LogP contribution in [-0.4, -0.2) is 17.0 Å². The molecule has 2 N–H and O–H groups in total. The average molecular weight is 159 g/mol. The lowest BCUT2D eigenvalue weighted by Gasteiger charge is -2.37. The minimum absolute atomic E-state index is 0.373. The van der Waals surface area contributed by atoms with Crippen LogP contribution in [0, 0.1) is 0 Å². The Morgan fingerprint density at radius 1 is 1.50 bits per heavy atom. The Morgan fingerprint density at radius 3 is 2.60 bits per heavy atom. The fourth-order valence-corrected chi connectivity index (χ4v) is 2.35. The van der Waals surface area contributed by atoms with E-state index in [4.69, 9.17) is 5.73 Å². The van der Waals surface area contributed by atoms with E-state index < -0.39 is 0 Å². The van der Waals surface area contributed by atoms with Crippen LogP contribution in [0.3, 0.4) is 0 Å². The van der Waals surface area contributed by atoms with Crippen LogP contribution in [0.2, 0.25) is 0 Å². The van der Waals surface area contributed by atoms with Gasteiger partial charge in [-0.25, -0.2) is 0 Å². The molecule has 2 atom stereocenters. The van der Waals surface area contributed by atoms with Crippen LogP contribution in [0.25, 0.3) is 0 Å². The lowest BCUT2D eigenvalue weighted by Crippen LogP contribution is -2.45. The van der Waals surface area contributed by atoms with E-state index in [9.17, 15) is 0 Å². The minimum atomic E-state index is 0.373. The Balaban J connectivity index is 2.54. The summed E-state index contributed by atoms with van der Waals surface area (Å²) in [6.07, 6.45) is 7.39. The molecule has 0 aromatic heterocycles. The van der Waals surface area contributed by atoms with E-state index in [-0.39, 0.29) is 0 Å². The molecule has 1 rings (SSSR count). The summed E-state index contributed by atoms with van der Waals surface area (Å²) in [5, 5.41) is 0. The van der Waals surface area contributed by atoms with Crippen LogP contribution in [0.4, 0.5) is 0 Å². The molecule has 1 saturated carbocycles. The van der Waals surface area contributed by atoms with Crippen molar-refractivity contribution in [1.82, 2.24) is 0 Å². The average Bonchev–Trinajstić information content (AvgIpc) is 1.96. The van der Waals surface area contributed by atoms with Crippen LogP contribution >= 0.6 is 11.8 Å². The maximum Gasteiger partial charge on any atom is 0.0280 e. The molecule has 0 aliphatic heterocycles. The highest BCUT2D eigenvalue weighted by atomic mass is 32.2. The van der Waals surface area contributed by atoms with E-state index in [1.807, 2.05) is 11.8 Å². The fraction of sp³-hybridized carbons (Fsp3) is 1.00. The Morgan fingerprint density at radius 2 is 2.20 bits per heavy atom. The summed E-state index contributed by atoms with van der Waals surface area (Å²) in [4.78, 5) is 0. The molecule has 1 nitrogen and oxygen atoms in total. The van der Waals surface area contributed by atoms with E-state index in [1.165, 1.54) is 25.7 Å². The molecular weight excluding hydrogens is 142 g/mol. The third kappa shape index (κ3) is 1.48. The number of nitrogens with two attached hydrogens (primary N) is 1. The summed E-state index contributed by atoms with van der Waals surface area (Å²) in [5.41, 5.74) is 6.00. The van der Waals surface area contributed by atoms with Gasteiger partial charge in [-0.2, -0.15) is 11.8 Å². The lowest BCUT2D eigenvalue weighted by atomic mass is 9.86. The Labute approximate surface area is 67.8 Å². The zero-order valence-corrected chi connectivity index (χ0v) is 7.71. The van der Waals surface area contributed by atoms with Crippen LogP contribution < -0.4 is 5.73 Å². The van der Waals surface area contributed by atoms with E-state index in [2.05, 4.69) is 13.2 Å². The van der Waals surface area contributed by atoms with Crippen molar-refractivity contribution >= 4 is 11.8 Å². The summed E-state index contributed by atoms with van der Waals surface area (Å²) in [5.74, 6) is 0. The van der Waals surface area contributed by atoms with Gasteiger partial charge in [-0.15, -0.1) is 0 Å². The molecule has 0 spiro atoms. The van der Waals surface area contributed by atoms with E-state index in [1.54, 1.807) is 0 Å². The Hall–Kier alpha value is 0.310. The monoisotopic (exact) mass is 159 g/mol. The molecular formula is C8H17NS. The minimum Gasteiger partial charge on any atom is -0.326 e. The Bertz CT molecular complexity index is 116. The van der Waals surface area contributed by atoms with Crippen molar-refractivity contribution in [3.8, 4) is 0 Å². The molecule has 1 aliphatic rings. The van der Waals surface area contributed by atoms with Crippen molar-refractivity contribution in [3.63, 3.8) is 0 Å². The summed E-state index contributed by atoms with van der Waals surface area (Å²) < 4.78 is 0.373. The normalized spacial score (nSPS) is 41.7. The van der Waals surface area contributed by atoms with Gasteiger partial charge in [-0.05, 0) is 26.0 Å². The van der Waals surface area contributed by atoms with E-state index in [0.717, 1.165) is 0 Å². The van der Waals surface area contributed by atoms with Crippen molar-refractivity contribution in [2.75, 3.05) is 6.26 Å². The highest BCUT2D eigenvalue weighted by molar-refractivity contribution is 8.00. The molecule has 10 heavy (non-hydrogen) atoms. The fourth-order valence-electron chi connectivity index (χ4n) is 1.58. The quantitative estimate of drug-likeness (QED) is 0.633. The van der Waals surface area contributed by atoms with Gasteiger partial charge in [0.15, 0.2) is 0 Å². The third-order valence-electron chi connectivity index (χ3n) is 2.69. The van der Waals surface area contributed by atoms with Crippen molar-refractivity contribution in [3.05, 3.63) is 0 Å². The van der Waals surface area contributed by atoms with Crippen molar-refractivity contribution in [1.29, 1.82) is 0 Å². The molecule has 0 unspecified atom stereocenters. The Kier molecular flexibility index (Phi) is 2.64. The highest BCUT2D eigenvalue weighted by Gasteiger charge is 2.32. The standard InChI is InChI=1S/C8H17NS/c1-8(10-2)6-4-3-5-7(8)9/h7H,3-6,9H2,1-2H3/t7-,8-/m1/s1. The molecule has 0 bridgehead atoms. The van der Waals surface area contributed by atoms with Crippen molar-refractivity contribution in [2.24, 2.45) is 5.73 Å². The number of rotatable bonds is 1. The van der Waals surface area contributed by atoms with Gasteiger partial charge in [-0.3, -0.25) is 0 Å². The van der Waals surface area contributed by atoms with Gasteiger partial charge in [0, 0.05) is 10.8 Å². The first kappa shape index (κ1) is 8.41. The molecule has 0 aromatic rings. The molecule has 1 aliphatic carbocycles. The van der Waals surface area contributed by atoms with Gasteiger partial charge >= 0.3 is 0 Å². The summed E-state index contributed by atoms with van der Waals surface area (Å²) in [7, 11) is 0. The van der Waals surface area contributed by atoms with Gasteiger partial charge in [0.2, 0.25) is 0 Å². The largest absolute Gasteiger partial charge is 0.326 e. The van der Waals surface area contributed by atoms with Crippen LogP contribution in [0.5, 0.6) is 0 Å². The van der Waals surface area contributed by atoms with E-state index in [0.29, 0.717) is 10.8 Å². The molecule has 0 radical (unpaired) electrons. The summed E-state index contributed by atoms with van der Waals surface area (Å²) >= 11 is 1.93. The first-order valence-corrected chi connectivity index (χ1v) is 5.22. The zero-order chi connectivity index (χ0) is 7.61. The third-order valence-corrected chi connectivity index (χ3v) is 4.13. The number of hydrogen-bond acceptors (Lipinski definition) is 2. The zero-order valence-electron chi connectivity index (χ0n) is 6.89. The van der Waals surface area contributed by atoms with E-state index >= 15 is 0 Å². The van der Waals surface area contributed by atoms with Gasteiger partial charge in [0.1, 0.15) is 0 Å². The van der Waals surface area contributed by atoms with Crippen LogP contribution in [0.15, 0.2) is 0 Å². The lowest BCUT2D eigenvalue weighted by molar-refractivity contribution is 0.366. The summed E-state index contributed by atoms with van der Waals surface area (Å²) in [6.45, 7) is 2.29. The maximum atomic E-state index is 6.00. The molecule has 0 heterocycles. The van der Waals surface area contributed by atoms with Crippen molar-refractivity contribution < 1.29 is 0 Å². The highest BCUT2D eigenvalue weighted by Crippen LogP contribution is 2.36. The number of thioether (sulfide) groups is 1. The second kappa shape index (κ2) is 3.14. The maximum absolute atomic E-state index is 6.00. The number of hydrogen-bond donors (Lipinski definition) is 1.